The molecule has 2 aromatic carbocycles. The molecule has 2 aliphatic heterocycles. The number of furan rings is 1. The molecule has 0 atom stereocenters. The third-order valence-corrected chi connectivity index (χ3v) is 9.59. The smallest absolute Gasteiger partial charge is 0.254 e. The fraction of sp³-hybridized carbons (Fsp3) is 0.346. The van der Waals surface area contributed by atoms with Crippen LogP contribution in [0, 0.1) is 0 Å². The van der Waals surface area contributed by atoms with Gasteiger partial charge in [0.25, 0.3) is 5.91 Å². The first-order valence-corrected chi connectivity index (χ1v) is 13.0. The van der Waals surface area contributed by atoms with E-state index in [0.717, 1.165) is 48.1 Å². The highest BCUT2D eigenvalue weighted by molar-refractivity contribution is 8.20. The Hall–Kier alpha value is -2.15. The number of rotatable bonds is 5. The van der Waals surface area contributed by atoms with Crippen LogP contribution in [0.25, 0.3) is 0 Å². The highest BCUT2D eigenvalue weighted by Crippen LogP contribution is 2.56. The zero-order chi connectivity index (χ0) is 22.1. The molecule has 32 heavy (non-hydrogen) atoms. The summed E-state index contributed by atoms with van der Waals surface area (Å²) in [5, 5.41) is 0. The first kappa shape index (κ1) is 21.7. The van der Waals surface area contributed by atoms with Crippen LogP contribution in [-0.2, 0) is 23.6 Å². The number of amides is 1. The van der Waals surface area contributed by atoms with E-state index in [1.807, 2.05) is 54.7 Å². The molecule has 5 rings (SSSR count). The summed E-state index contributed by atoms with van der Waals surface area (Å²) in [6, 6.07) is 21.1. The first-order chi connectivity index (χ1) is 15.5. The zero-order valence-electron chi connectivity index (χ0n) is 18.5. The van der Waals surface area contributed by atoms with E-state index in [1.54, 1.807) is 0 Å². The number of nitrogens with zero attached hydrogens (tertiary/aromatic N) is 2. The van der Waals surface area contributed by atoms with Crippen LogP contribution in [0.1, 0.15) is 38.6 Å². The van der Waals surface area contributed by atoms with Crippen LogP contribution in [-0.4, -0.2) is 47.9 Å². The van der Waals surface area contributed by atoms with Crippen molar-refractivity contribution in [1.29, 1.82) is 0 Å². The molecule has 3 heterocycles. The molecule has 1 amide bonds. The normalized spacial score (nSPS) is 17.5. The molecule has 3 aromatic rings. The fourth-order valence-corrected chi connectivity index (χ4v) is 7.81. The quantitative estimate of drug-likeness (QED) is 0.517. The van der Waals surface area contributed by atoms with Crippen molar-refractivity contribution in [3.8, 4) is 0 Å². The zero-order valence-corrected chi connectivity index (χ0v) is 20.2. The second kappa shape index (κ2) is 9.00. The van der Waals surface area contributed by atoms with Gasteiger partial charge in [0.15, 0.2) is 0 Å². The average Bonchev–Trinajstić information content (AvgIpc) is 3.46. The van der Waals surface area contributed by atoms with Gasteiger partial charge in [0.05, 0.1) is 13.1 Å². The molecular formula is C26H28N2O2S2. The molecule has 1 saturated heterocycles. The summed E-state index contributed by atoms with van der Waals surface area (Å²) in [6.07, 6.45) is 0.848. The van der Waals surface area contributed by atoms with Gasteiger partial charge in [0.2, 0.25) is 0 Å². The standard InChI is InChI=1S/C26H28N2O2S2/c1-27(2)17-23-16-20-12-13-28(18-24(20)30-23)25(29)19-8-10-22(11-9-19)26(31-14-15-32-26)21-6-4-3-5-7-21/h3-11,16H,12-15,17-18H2,1-2H3. The number of carbonyl (C=O) groups excluding carboxylic acids is 1. The van der Waals surface area contributed by atoms with E-state index in [-0.39, 0.29) is 9.99 Å². The molecule has 0 N–H and O–H groups in total. The molecule has 4 nitrogen and oxygen atoms in total. The summed E-state index contributed by atoms with van der Waals surface area (Å²) in [4.78, 5) is 17.2. The first-order valence-electron chi connectivity index (χ1n) is 11.0. The summed E-state index contributed by atoms with van der Waals surface area (Å²) in [7, 11) is 4.07. The molecule has 1 aromatic heterocycles. The minimum atomic E-state index is -0.0835. The minimum Gasteiger partial charge on any atom is -0.463 e. The molecule has 1 fully saturated rings. The number of carbonyl (C=O) groups is 1. The van der Waals surface area contributed by atoms with Gasteiger partial charge in [0.1, 0.15) is 15.6 Å². The number of fused-ring (bicyclic) bond motifs is 1. The molecule has 6 heteroatoms. The van der Waals surface area contributed by atoms with Gasteiger partial charge >= 0.3 is 0 Å². The molecule has 166 valence electrons. The number of hydrogen-bond donors (Lipinski definition) is 0. The van der Waals surface area contributed by atoms with E-state index in [2.05, 4.69) is 53.4 Å². The molecule has 0 spiro atoms. The predicted molar refractivity (Wildman–Crippen MR) is 133 cm³/mol. The van der Waals surface area contributed by atoms with E-state index in [0.29, 0.717) is 6.54 Å². The number of benzene rings is 2. The van der Waals surface area contributed by atoms with Crippen molar-refractivity contribution in [2.75, 3.05) is 32.1 Å². The van der Waals surface area contributed by atoms with Crippen LogP contribution >= 0.6 is 23.5 Å². The molecular weight excluding hydrogens is 436 g/mol. The average molecular weight is 465 g/mol. The van der Waals surface area contributed by atoms with Crippen molar-refractivity contribution in [2.24, 2.45) is 0 Å². The van der Waals surface area contributed by atoms with Gasteiger partial charge < -0.3 is 14.2 Å². The summed E-state index contributed by atoms with van der Waals surface area (Å²) in [6.45, 7) is 2.05. The van der Waals surface area contributed by atoms with E-state index in [9.17, 15) is 4.79 Å². The van der Waals surface area contributed by atoms with Crippen LogP contribution in [0.15, 0.2) is 65.1 Å². The Labute approximate surface area is 198 Å². The third kappa shape index (κ3) is 4.12. The van der Waals surface area contributed by atoms with Gasteiger partial charge in [-0.05, 0) is 55.4 Å². The van der Waals surface area contributed by atoms with Crippen molar-refractivity contribution in [3.63, 3.8) is 0 Å². The molecule has 2 aliphatic rings. The molecule has 0 radical (unpaired) electrons. The second-order valence-electron chi connectivity index (χ2n) is 8.63. The van der Waals surface area contributed by atoms with Crippen molar-refractivity contribution in [2.45, 2.75) is 23.6 Å². The van der Waals surface area contributed by atoms with Gasteiger partial charge in [-0.2, -0.15) is 0 Å². The van der Waals surface area contributed by atoms with Crippen LogP contribution in [0.5, 0.6) is 0 Å². The van der Waals surface area contributed by atoms with E-state index >= 15 is 0 Å². The van der Waals surface area contributed by atoms with E-state index in [4.69, 9.17) is 4.42 Å². The molecule has 0 aliphatic carbocycles. The van der Waals surface area contributed by atoms with Crippen LogP contribution in [0.2, 0.25) is 0 Å². The Bertz CT molecular complexity index is 1090. The second-order valence-corrected chi connectivity index (χ2v) is 11.5. The van der Waals surface area contributed by atoms with Gasteiger partial charge in [-0.15, -0.1) is 23.5 Å². The minimum absolute atomic E-state index is 0.0771. The largest absolute Gasteiger partial charge is 0.463 e. The van der Waals surface area contributed by atoms with Crippen molar-refractivity contribution < 1.29 is 9.21 Å². The van der Waals surface area contributed by atoms with Gasteiger partial charge in [-0.3, -0.25) is 4.79 Å². The van der Waals surface area contributed by atoms with Gasteiger partial charge in [-0.1, -0.05) is 42.5 Å². The van der Waals surface area contributed by atoms with Crippen LogP contribution in [0.3, 0.4) is 0 Å². The van der Waals surface area contributed by atoms with E-state index < -0.39 is 0 Å². The lowest BCUT2D eigenvalue weighted by Crippen LogP contribution is -2.35. The van der Waals surface area contributed by atoms with Crippen LogP contribution < -0.4 is 0 Å². The molecule has 0 bridgehead atoms. The Morgan fingerprint density at radius 3 is 2.41 bits per heavy atom. The summed E-state index contributed by atoms with van der Waals surface area (Å²) < 4.78 is 5.96. The SMILES string of the molecule is CN(C)Cc1cc2c(o1)CN(C(=O)c1ccc(C3(c4ccccc4)SCCS3)cc1)CC2. The Morgan fingerprint density at radius 2 is 1.72 bits per heavy atom. The summed E-state index contributed by atoms with van der Waals surface area (Å²) >= 11 is 3.98. The highest BCUT2D eigenvalue weighted by Gasteiger charge is 2.39. The monoisotopic (exact) mass is 464 g/mol. The summed E-state index contributed by atoms with van der Waals surface area (Å²) in [5.74, 6) is 4.24. The lowest BCUT2D eigenvalue weighted by atomic mass is 10.0. The highest BCUT2D eigenvalue weighted by atomic mass is 32.2. The van der Waals surface area contributed by atoms with Gasteiger partial charge in [-0.25, -0.2) is 0 Å². The lowest BCUT2D eigenvalue weighted by Gasteiger charge is -2.29. The molecule has 0 unspecified atom stereocenters. The van der Waals surface area contributed by atoms with Crippen molar-refractivity contribution >= 4 is 29.4 Å². The maximum Gasteiger partial charge on any atom is 0.254 e. The third-order valence-electron chi connectivity index (χ3n) is 6.05. The maximum absolute atomic E-state index is 13.2. The van der Waals surface area contributed by atoms with Crippen LogP contribution in [0.4, 0.5) is 0 Å². The maximum atomic E-state index is 13.2. The fourth-order valence-electron chi connectivity index (χ4n) is 4.53. The Morgan fingerprint density at radius 1 is 1.03 bits per heavy atom. The Kier molecular flexibility index (Phi) is 6.10. The number of thioether (sulfide) groups is 2. The Balaban J connectivity index is 1.34. The number of hydrogen-bond acceptors (Lipinski definition) is 5. The van der Waals surface area contributed by atoms with Crippen molar-refractivity contribution in [1.82, 2.24) is 9.80 Å². The topological polar surface area (TPSA) is 36.7 Å². The van der Waals surface area contributed by atoms with E-state index in [1.165, 1.54) is 16.7 Å². The van der Waals surface area contributed by atoms with Gasteiger partial charge in [0, 0.05) is 23.6 Å². The van der Waals surface area contributed by atoms with Crippen molar-refractivity contribution in [3.05, 3.63) is 94.4 Å². The summed E-state index contributed by atoms with van der Waals surface area (Å²) in [5.41, 5.74) is 4.56. The predicted octanol–water partition coefficient (Wildman–Crippen LogP) is 5.22. The lowest BCUT2D eigenvalue weighted by molar-refractivity contribution is 0.0718. The molecule has 0 saturated carbocycles.